The number of nitrogens with zero attached hydrogens (tertiary/aromatic N) is 3. The molecule has 5 nitrogen and oxygen atoms in total. The summed E-state index contributed by atoms with van der Waals surface area (Å²) in [5, 5.41) is 7.49. The number of aliphatic imine (C=N–C) groups is 1. The Morgan fingerprint density at radius 3 is 2.46 bits per heavy atom. The van der Waals surface area contributed by atoms with Crippen LogP contribution in [0.3, 0.4) is 0 Å². The summed E-state index contributed by atoms with van der Waals surface area (Å²) < 4.78 is 1.84. The molecule has 3 aromatic rings. The molecule has 0 amide bonds. The molecular weight excluding hydrogens is 298 g/mol. The zero-order valence-electron chi connectivity index (χ0n) is 13.5. The van der Waals surface area contributed by atoms with Gasteiger partial charge in [-0.15, -0.1) is 0 Å². The first-order valence-electron chi connectivity index (χ1n) is 7.98. The van der Waals surface area contributed by atoms with Gasteiger partial charge in [0, 0.05) is 18.3 Å². The molecule has 0 bridgehead atoms. The number of hydrogen-bond donors (Lipinski definition) is 2. The van der Waals surface area contributed by atoms with Crippen molar-refractivity contribution in [3.63, 3.8) is 0 Å². The van der Waals surface area contributed by atoms with Gasteiger partial charge in [0.2, 0.25) is 0 Å². The topological polar surface area (TPSA) is 68.2 Å². The molecule has 1 heterocycles. The Hall–Kier alpha value is -3.08. The molecule has 2 aromatic carbocycles. The van der Waals surface area contributed by atoms with Crippen molar-refractivity contribution < 1.29 is 0 Å². The molecule has 24 heavy (non-hydrogen) atoms. The van der Waals surface area contributed by atoms with Gasteiger partial charge >= 0.3 is 0 Å². The van der Waals surface area contributed by atoms with Gasteiger partial charge in [0.15, 0.2) is 5.96 Å². The molecule has 3 rings (SSSR count). The Morgan fingerprint density at radius 2 is 1.71 bits per heavy atom. The van der Waals surface area contributed by atoms with E-state index < -0.39 is 0 Å². The van der Waals surface area contributed by atoms with Crippen LogP contribution < -0.4 is 11.1 Å². The summed E-state index contributed by atoms with van der Waals surface area (Å²) in [4.78, 5) is 4.36. The second-order valence-corrected chi connectivity index (χ2v) is 5.49. The summed E-state index contributed by atoms with van der Waals surface area (Å²) in [5.41, 5.74) is 9.24. The lowest BCUT2D eigenvalue weighted by Crippen LogP contribution is -2.33. The molecule has 0 aliphatic rings. The van der Waals surface area contributed by atoms with Crippen LogP contribution in [-0.2, 0) is 13.0 Å². The number of rotatable bonds is 6. The number of guanidine groups is 1. The van der Waals surface area contributed by atoms with E-state index in [1.807, 2.05) is 65.6 Å². The van der Waals surface area contributed by atoms with Gasteiger partial charge in [-0.05, 0) is 24.1 Å². The highest BCUT2D eigenvalue weighted by Gasteiger charge is 2.00. The second-order valence-electron chi connectivity index (χ2n) is 5.49. The minimum Gasteiger partial charge on any atom is -0.370 e. The van der Waals surface area contributed by atoms with Gasteiger partial charge in [-0.3, -0.25) is 0 Å². The van der Waals surface area contributed by atoms with Crippen LogP contribution in [0.4, 0.5) is 0 Å². The first-order valence-corrected chi connectivity index (χ1v) is 7.98. The third-order valence-electron chi connectivity index (χ3n) is 3.65. The molecule has 0 unspecified atom stereocenters. The van der Waals surface area contributed by atoms with Crippen LogP contribution in [0.25, 0.3) is 5.69 Å². The van der Waals surface area contributed by atoms with Crippen LogP contribution in [0.2, 0.25) is 0 Å². The number of nitrogens with one attached hydrogen (secondary N) is 1. The van der Waals surface area contributed by atoms with Gasteiger partial charge < -0.3 is 11.1 Å². The molecule has 122 valence electrons. The van der Waals surface area contributed by atoms with E-state index in [-0.39, 0.29) is 0 Å². The minimum absolute atomic E-state index is 0.457. The van der Waals surface area contributed by atoms with Crippen molar-refractivity contribution in [2.24, 2.45) is 10.7 Å². The molecule has 1 aromatic heterocycles. The standard InChI is InChI=1S/C19H21N5/c20-19(21-12-11-16-7-3-1-4-8-16)22-13-17-14-23-24(15-17)18-9-5-2-6-10-18/h1-10,14-15H,11-13H2,(H3,20,21,22). The van der Waals surface area contributed by atoms with Crippen molar-refractivity contribution in [1.82, 2.24) is 15.1 Å². The van der Waals surface area contributed by atoms with Gasteiger partial charge in [0.05, 0.1) is 18.4 Å². The number of nitrogens with two attached hydrogens (primary N) is 1. The van der Waals surface area contributed by atoms with E-state index in [2.05, 4.69) is 27.5 Å². The maximum atomic E-state index is 5.92. The van der Waals surface area contributed by atoms with Gasteiger partial charge in [0.1, 0.15) is 0 Å². The Bertz CT molecular complexity index is 778. The predicted molar refractivity (Wildman–Crippen MR) is 97.0 cm³/mol. The quantitative estimate of drug-likeness (QED) is 0.542. The fraction of sp³-hybridized carbons (Fsp3) is 0.158. The van der Waals surface area contributed by atoms with Crippen molar-refractivity contribution in [1.29, 1.82) is 0 Å². The van der Waals surface area contributed by atoms with E-state index in [1.54, 1.807) is 0 Å². The Balaban J connectivity index is 1.49. The number of aromatic nitrogens is 2. The highest BCUT2D eigenvalue weighted by Crippen LogP contribution is 2.08. The lowest BCUT2D eigenvalue weighted by Gasteiger charge is -2.05. The van der Waals surface area contributed by atoms with E-state index in [4.69, 9.17) is 5.73 Å². The molecule has 0 saturated heterocycles. The van der Waals surface area contributed by atoms with E-state index in [9.17, 15) is 0 Å². The zero-order valence-corrected chi connectivity index (χ0v) is 13.5. The van der Waals surface area contributed by atoms with Crippen LogP contribution >= 0.6 is 0 Å². The molecule has 0 saturated carbocycles. The van der Waals surface area contributed by atoms with Crippen LogP contribution in [0, 0.1) is 0 Å². The maximum Gasteiger partial charge on any atom is 0.188 e. The summed E-state index contributed by atoms with van der Waals surface area (Å²) in [5.74, 6) is 0.457. The second kappa shape index (κ2) is 7.97. The first kappa shape index (κ1) is 15.8. The largest absolute Gasteiger partial charge is 0.370 e. The normalized spacial score (nSPS) is 11.4. The first-order chi connectivity index (χ1) is 11.8. The molecule has 5 heteroatoms. The minimum atomic E-state index is 0.457. The summed E-state index contributed by atoms with van der Waals surface area (Å²) in [6.45, 7) is 1.28. The van der Waals surface area contributed by atoms with Gasteiger partial charge in [0.25, 0.3) is 0 Å². The van der Waals surface area contributed by atoms with Crippen molar-refractivity contribution >= 4 is 5.96 Å². The Kier molecular flexibility index (Phi) is 5.24. The third kappa shape index (κ3) is 4.46. The molecule has 0 aliphatic heterocycles. The summed E-state index contributed by atoms with van der Waals surface area (Å²) in [6.07, 6.45) is 4.70. The fourth-order valence-electron chi connectivity index (χ4n) is 2.38. The molecule has 0 radical (unpaired) electrons. The molecule has 0 aliphatic carbocycles. The van der Waals surface area contributed by atoms with E-state index in [1.165, 1.54) is 5.56 Å². The summed E-state index contributed by atoms with van der Waals surface area (Å²) >= 11 is 0. The van der Waals surface area contributed by atoms with Crippen molar-refractivity contribution in [2.45, 2.75) is 13.0 Å². The van der Waals surface area contributed by atoms with E-state index in [0.717, 1.165) is 24.2 Å². The Morgan fingerprint density at radius 1 is 1.00 bits per heavy atom. The lowest BCUT2D eigenvalue weighted by atomic mass is 10.1. The third-order valence-corrected chi connectivity index (χ3v) is 3.65. The SMILES string of the molecule is NC(=NCc1cnn(-c2ccccc2)c1)NCCc1ccccc1. The predicted octanol–water partition coefficient (Wildman–Crippen LogP) is 2.52. The van der Waals surface area contributed by atoms with Crippen LogP contribution in [0.5, 0.6) is 0 Å². The molecular formula is C19H21N5. The summed E-state index contributed by atoms with van der Waals surface area (Å²) in [7, 11) is 0. The highest BCUT2D eigenvalue weighted by molar-refractivity contribution is 5.77. The van der Waals surface area contributed by atoms with Crippen LogP contribution in [0.1, 0.15) is 11.1 Å². The van der Waals surface area contributed by atoms with Crippen LogP contribution in [0.15, 0.2) is 78.0 Å². The highest BCUT2D eigenvalue weighted by atomic mass is 15.3. The van der Waals surface area contributed by atoms with E-state index in [0.29, 0.717) is 12.5 Å². The average Bonchev–Trinajstić information content (AvgIpc) is 3.11. The van der Waals surface area contributed by atoms with Gasteiger partial charge in [-0.2, -0.15) is 5.10 Å². The zero-order chi connectivity index (χ0) is 16.6. The van der Waals surface area contributed by atoms with Crippen molar-refractivity contribution in [3.8, 4) is 5.69 Å². The average molecular weight is 319 g/mol. The molecule has 0 fully saturated rings. The van der Waals surface area contributed by atoms with Gasteiger partial charge in [-0.25, -0.2) is 9.67 Å². The molecule has 0 spiro atoms. The fourth-order valence-corrected chi connectivity index (χ4v) is 2.38. The lowest BCUT2D eigenvalue weighted by molar-refractivity contribution is 0.847. The molecule has 3 N–H and O–H groups in total. The summed E-state index contributed by atoms with van der Waals surface area (Å²) in [6, 6.07) is 20.3. The van der Waals surface area contributed by atoms with Crippen molar-refractivity contribution in [3.05, 3.63) is 84.2 Å². The van der Waals surface area contributed by atoms with Crippen LogP contribution in [-0.4, -0.2) is 22.3 Å². The monoisotopic (exact) mass is 319 g/mol. The number of benzene rings is 2. The smallest absolute Gasteiger partial charge is 0.188 e. The van der Waals surface area contributed by atoms with Gasteiger partial charge in [-0.1, -0.05) is 48.5 Å². The maximum absolute atomic E-state index is 5.92. The Labute approximate surface area is 141 Å². The van der Waals surface area contributed by atoms with E-state index >= 15 is 0 Å². The van der Waals surface area contributed by atoms with Crippen molar-refractivity contribution in [2.75, 3.05) is 6.54 Å². The molecule has 0 atom stereocenters. The number of para-hydroxylation sites is 1. The number of hydrogen-bond acceptors (Lipinski definition) is 2.